The first kappa shape index (κ1) is 14.1. The summed E-state index contributed by atoms with van der Waals surface area (Å²) in [6.45, 7) is 0. The monoisotopic (exact) mass is 296 g/mol. The third kappa shape index (κ3) is 2.83. The minimum Gasteiger partial charge on any atom is -0.494 e. The molecule has 0 radical (unpaired) electrons. The van der Waals surface area contributed by atoms with Crippen LogP contribution in [-0.4, -0.2) is 15.5 Å². The van der Waals surface area contributed by atoms with E-state index in [0.717, 1.165) is 6.07 Å². The van der Waals surface area contributed by atoms with Crippen molar-refractivity contribution in [2.24, 2.45) is 0 Å². The van der Waals surface area contributed by atoms with E-state index in [0.29, 0.717) is 0 Å². The first-order chi connectivity index (χ1) is 9.44. The van der Waals surface area contributed by atoms with E-state index in [1.165, 1.54) is 25.3 Å². The fourth-order valence-electron chi connectivity index (χ4n) is 1.61. The molecule has 0 unspecified atom stereocenters. The number of anilines is 2. The average Bonchev–Trinajstić information content (AvgIpc) is 2.41. The number of nitrogens with two attached hydrogens (primary N) is 1. The van der Waals surface area contributed by atoms with Crippen molar-refractivity contribution in [2.75, 3.05) is 17.6 Å². The Morgan fingerprint density at radius 1 is 1.20 bits per heavy atom. The van der Waals surface area contributed by atoms with Crippen LogP contribution in [0.3, 0.4) is 0 Å². The van der Waals surface area contributed by atoms with Crippen molar-refractivity contribution in [3.8, 4) is 5.75 Å². The standard InChI is InChI=1S/C13H13FN2O3S/c1-19-13-7-6-9(8-10(13)14)20(17,18)16-12-5-3-2-4-11(12)15/h2-8,16H,15H2,1H3. The third-order valence-electron chi connectivity index (χ3n) is 2.64. The number of benzene rings is 2. The number of para-hydroxylation sites is 2. The first-order valence-corrected chi connectivity index (χ1v) is 7.13. The van der Waals surface area contributed by atoms with Crippen LogP contribution in [0.4, 0.5) is 15.8 Å². The fraction of sp³-hybridized carbons (Fsp3) is 0.0769. The van der Waals surface area contributed by atoms with Gasteiger partial charge in [-0.05, 0) is 30.3 Å². The Balaban J connectivity index is 2.36. The Labute approximate surface area is 116 Å². The number of halogens is 1. The van der Waals surface area contributed by atoms with Crippen LogP contribution >= 0.6 is 0 Å². The predicted molar refractivity (Wildman–Crippen MR) is 74.6 cm³/mol. The van der Waals surface area contributed by atoms with Gasteiger partial charge in [0.2, 0.25) is 0 Å². The predicted octanol–water partition coefficient (Wildman–Crippen LogP) is 2.22. The molecule has 20 heavy (non-hydrogen) atoms. The van der Waals surface area contributed by atoms with Gasteiger partial charge in [0.15, 0.2) is 11.6 Å². The van der Waals surface area contributed by atoms with Gasteiger partial charge in [-0.2, -0.15) is 0 Å². The van der Waals surface area contributed by atoms with Crippen molar-refractivity contribution in [2.45, 2.75) is 4.90 Å². The molecule has 0 atom stereocenters. The highest BCUT2D eigenvalue weighted by atomic mass is 32.2. The maximum Gasteiger partial charge on any atom is 0.262 e. The van der Waals surface area contributed by atoms with E-state index in [1.54, 1.807) is 18.2 Å². The number of sulfonamides is 1. The van der Waals surface area contributed by atoms with Gasteiger partial charge in [-0.3, -0.25) is 4.72 Å². The van der Waals surface area contributed by atoms with Gasteiger partial charge in [0.25, 0.3) is 10.0 Å². The highest BCUT2D eigenvalue weighted by Gasteiger charge is 2.17. The van der Waals surface area contributed by atoms with Gasteiger partial charge in [0.1, 0.15) is 0 Å². The molecule has 0 bridgehead atoms. The number of ether oxygens (including phenoxy) is 1. The second-order valence-corrected chi connectivity index (χ2v) is 5.67. The van der Waals surface area contributed by atoms with Crippen molar-refractivity contribution in [1.29, 1.82) is 0 Å². The molecule has 0 aromatic heterocycles. The molecule has 2 aromatic carbocycles. The SMILES string of the molecule is COc1ccc(S(=O)(=O)Nc2ccccc2N)cc1F. The van der Waals surface area contributed by atoms with E-state index in [2.05, 4.69) is 4.72 Å². The van der Waals surface area contributed by atoms with Crippen molar-refractivity contribution in [3.63, 3.8) is 0 Å². The van der Waals surface area contributed by atoms with Crippen molar-refractivity contribution < 1.29 is 17.5 Å². The molecule has 0 aliphatic carbocycles. The summed E-state index contributed by atoms with van der Waals surface area (Å²) in [7, 11) is -2.61. The van der Waals surface area contributed by atoms with Crippen molar-refractivity contribution >= 4 is 21.4 Å². The number of hydrogen-bond acceptors (Lipinski definition) is 4. The van der Waals surface area contributed by atoms with E-state index < -0.39 is 15.8 Å². The normalized spacial score (nSPS) is 11.1. The molecule has 0 saturated carbocycles. The zero-order valence-electron chi connectivity index (χ0n) is 10.6. The molecule has 0 saturated heterocycles. The number of nitrogen functional groups attached to an aromatic ring is 1. The van der Waals surface area contributed by atoms with Crippen LogP contribution in [0.5, 0.6) is 5.75 Å². The minimum absolute atomic E-state index is 0.0248. The third-order valence-corrected chi connectivity index (χ3v) is 4.00. The Morgan fingerprint density at radius 2 is 1.90 bits per heavy atom. The Morgan fingerprint density at radius 3 is 2.50 bits per heavy atom. The van der Waals surface area contributed by atoms with E-state index in [4.69, 9.17) is 10.5 Å². The maximum atomic E-state index is 13.6. The molecule has 0 heterocycles. The van der Waals surface area contributed by atoms with Crippen LogP contribution < -0.4 is 15.2 Å². The highest BCUT2D eigenvalue weighted by molar-refractivity contribution is 7.92. The van der Waals surface area contributed by atoms with Gasteiger partial charge in [-0.1, -0.05) is 12.1 Å². The summed E-state index contributed by atoms with van der Waals surface area (Å²) in [6.07, 6.45) is 0. The van der Waals surface area contributed by atoms with E-state index in [9.17, 15) is 12.8 Å². The van der Waals surface area contributed by atoms with E-state index >= 15 is 0 Å². The summed E-state index contributed by atoms with van der Waals surface area (Å²) in [5.74, 6) is -0.778. The summed E-state index contributed by atoms with van der Waals surface area (Å²) < 4.78 is 44.9. The van der Waals surface area contributed by atoms with Crippen LogP contribution in [0, 0.1) is 5.82 Å². The molecule has 0 aliphatic rings. The quantitative estimate of drug-likeness (QED) is 0.848. The summed E-state index contributed by atoms with van der Waals surface area (Å²) in [6, 6.07) is 9.80. The van der Waals surface area contributed by atoms with Crippen LogP contribution in [0.1, 0.15) is 0 Å². The van der Waals surface area contributed by atoms with Gasteiger partial charge in [0.05, 0.1) is 23.4 Å². The van der Waals surface area contributed by atoms with Gasteiger partial charge in [0, 0.05) is 0 Å². The molecule has 2 aromatic rings. The molecular weight excluding hydrogens is 283 g/mol. The Kier molecular flexibility index (Phi) is 3.80. The molecule has 2 rings (SSSR count). The fourth-order valence-corrected chi connectivity index (χ4v) is 2.71. The molecule has 0 fully saturated rings. The van der Waals surface area contributed by atoms with Crippen LogP contribution in [-0.2, 0) is 10.0 Å². The van der Waals surface area contributed by atoms with Gasteiger partial charge in [-0.25, -0.2) is 12.8 Å². The van der Waals surface area contributed by atoms with Crippen molar-refractivity contribution in [1.82, 2.24) is 0 Å². The lowest BCUT2D eigenvalue weighted by Gasteiger charge is -2.11. The molecular formula is C13H13FN2O3S. The second-order valence-electron chi connectivity index (χ2n) is 3.99. The maximum absolute atomic E-state index is 13.6. The number of hydrogen-bond donors (Lipinski definition) is 2. The largest absolute Gasteiger partial charge is 0.494 e. The number of rotatable bonds is 4. The van der Waals surface area contributed by atoms with Crippen LogP contribution in [0.25, 0.3) is 0 Å². The van der Waals surface area contributed by atoms with Crippen LogP contribution in [0.15, 0.2) is 47.4 Å². The molecule has 7 heteroatoms. The summed E-state index contributed by atoms with van der Waals surface area (Å²) in [5, 5.41) is 0. The number of methoxy groups -OCH3 is 1. The Bertz CT molecular complexity index is 732. The van der Waals surface area contributed by atoms with E-state index in [-0.39, 0.29) is 22.0 Å². The van der Waals surface area contributed by atoms with Crippen LogP contribution in [0.2, 0.25) is 0 Å². The Hall–Kier alpha value is -2.28. The molecule has 0 amide bonds. The lowest BCUT2D eigenvalue weighted by Crippen LogP contribution is -2.14. The minimum atomic E-state index is -3.91. The molecule has 0 spiro atoms. The molecule has 3 N–H and O–H groups in total. The zero-order valence-corrected chi connectivity index (χ0v) is 11.4. The number of nitrogens with one attached hydrogen (secondary N) is 1. The zero-order chi connectivity index (χ0) is 14.8. The average molecular weight is 296 g/mol. The summed E-state index contributed by atoms with van der Waals surface area (Å²) >= 11 is 0. The van der Waals surface area contributed by atoms with Gasteiger partial charge >= 0.3 is 0 Å². The van der Waals surface area contributed by atoms with Gasteiger partial charge < -0.3 is 10.5 Å². The molecule has 5 nitrogen and oxygen atoms in total. The lowest BCUT2D eigenvalue weighted by atomic mass is 10.3. The first-order valence-electron chi connectivity index (χ1n) is 5.65. The van der Waals surface area contributed by atoms with Gasteiger partial charge in [-0.15, -0.1) is 0 Å². The van der Waals surface area contributed by atoms with Crippen molar-refractivity contribution in [3.05, 3.63) is 48.3 Å². The smallest absolute Gasteiger partial charge is 0.262 e. The second kappa shape index (κ2) is 5.38. The molecule has 106 valence electrons. The summed E-state index contributed by atoms with van der Waals surface area (Å²) in [5.41, 5.74) is 6.18. The highest BCUT2D eigenvalue weighted by Crippen LogP contribution is 2.24. The lowest BCUT2D eigenvalue weighted by molar-refractivity contribution is 0.385. The topological polar surface area (TPSA) is 81.4 Å². The molecule has 0 aliphatic heterocycles. The van der Waals surface area contributed by atoms with E-state index in [1.807, 2.05) is 0 Å². The summed E-state index contributed by atoms with van der Waals surface area (Å²) in [4.78, 5) is -0.209.